The second kappa shape index (κ2) is 5.15. The van der Waals surface area contributed by atoms with E-state index in [2.05, 4.69) is 15.3 Å². The number of fused-ring (bicyclic) bond motifs is 1. The lowest BCUT2D eigenvalue weighted by Crippen LogP contribution is -2.32. The highest BCUT2D eigenvalue weighted by molar-refractivity contribution is 7.93. The molecule has 21 heavy (non-hydrogen) atoms. The van der Waals surface area contributed by atoms with Gasteiger partial charge in [-0.25, -0.2) is 18.2 Å². The van der Waals surface area contributed by atoms with Crippen LogP contribution >= 0.6 is 0 Å². The fourth-order valence-corrected chi connectivity index (χ4v) is 7.79. The Balaban J connectivity index is 2.41. The second-order valence-electron chi connectivity index (χ2n) is 6.01. The van der Waals surface area contributed by atoms with Gasteiger partial charge in [0.05, 0.1) is 24.0 Å². The molecule has 7 nitrogen and oxygen atoms in total. The zero-order chi connectivity index (χ0) is 15.8. The van der Waals surface area contributed by atoms with Gasteiger partial charge in [-0.2, -0.15) is 0 Å². The Morgan fingerprint density at radius 1 is 1.38 bits per heavy atom. The lowest BCUT2D eigenvalue weighted by Gasteiger charge is -2.15. The van der Waals surface area contributed by atoms with E-state index in [0.29, 0.717) is 11.0 Å². The number of benzene rings is 1. The van der Waals surface area contributed by atoms with Crippen molar-refractivity contribution < 1.29 is 18.3 Å². The number of anilines is 1. The van der Waals surface area contributed by atoms with Crippen LogP contribution in [0.1, 0.15) is 0 Å². The molecule has 1 heterocycles. The maximum atomic E-state index is 12.4. The van der Waals surface area contributed by atoms with Gasteiger partial charge in [0, 0.05) is 5.38 Å². The molecule has 9 heteroatoms. The third-order valence-corrected chi connectivity index (χ3v) is 8.62. The standard InChI is InChI=1S/C12H17N3O4SSi/c1-21(2,3)7-20(18,19)8-4-5-9-10(6-8)14-11(13-9)15-12(16)17/h4-6H,7H2,1-3H3,(H,16,17)(H2,13,14,15). The maximum absolute atomic E-state index is 12.4. The Morgan fingerprint density at radius 3 is 2.62 bits per heavy atom. The first-order valence-corrected chi connectivity index (χ1v) is 11.7. The Hall–Kier alpha value is -1.87. The van der Waals surface area contributed by atoms with Gasteiger partial charge in [-0.3, -0.25) is 5.32 Å². The minimum atomic E-state index is -3.35. The number of carbonyl (C=O) groups is 1. The summed E-state index contributed by atoms with van der Waals surface area (Å²) in [5.74, 6) is 0.0669. The number of aromatic amines is 1. The number of carboxylic acid groups (broad SMARTS) is 1. The number of nitrogens with zero attached hydrogens (tertiary/aromatic N) is 1. The van der Waals surface area contributed by atoms with E-state index in [4.69, 9.17) is 5.11 Å². The molecule has 0 atom stereocenters. The number of sulfone groups is 1. The van der Waals surface area contributed by atoms with Crippen molar-refractivity contribution in [3.63, 3.8) is 0 Å². The minimum absolute atomic E-state index is 0.0669. The molecule has 0 aliphatic rings. The maximum Gasteiger partial charge on any atom is 0.411 e. The Morgan fingerprint density at radius 2 is 2.05 bits per heavy atom. The number of nitrogens with one attached hydrogen (secondary N) is 2. The molecule has 0 spiro atoms. The molecule has 2 rings (SSSR count). The highest BCUT2D eigenvalue weighted by Crippen LogP contribution is 2.21. The van der Waals surface area contributed by atoms with E-state index in [1.165, 1.54) is 12.1 Å². The van der Waals surface area contributed by atoms with Crippen LogP contribution < -0.4 is 5.32 Å². The van der Waals surface area contributed by atoms with E-state index < -0.39 is 24.0 Å². The first-order chi connectivity index (χ1) is 9.57. The molecule has 1 aromatic carbocycles. The van der Waals surface area contributed by atoms with Crippen LogP contribution in [0.25, 0.3) is 11.0 Å². The van der Waals surface area contributed by atoms with Gasteiger partial charge >= 0.3 is 6.09 Å². The number of rotatable bonds is 4. The van der Waals surface area contributed by atoms with Crippen molar-refractivity contribution in [1.82, 2.24) is 9.97 Å². The van der Waals surface area contributed by atoms with Gasteiger partial charge in [0.1, 0.15) is 0 Å². The van der Waals surface area contributed by atoms with Crippen molar-refractivity contribution in [2.24, 2.45) is 0 Å². The summed E-state index contributed by atoms with van der Waals surface area (Å²) in [5.41, 5.74) is 0.987. The average molecular weight is 327 g/mol. The normalized spacial score (nSPS) is 12.5. The van der Waals surface area contributed by atoms with E-state index in [1.807, 2.05) is 19.6 Å². The molecule has 0 unspecified atom stereocenters. The van der Waals surface area contributed by atoms with Crippen LogP contribution in [0, 0.1) is 0 Å². The molecular weight excluding hydrogens is 310 g/mol. The van der Waals surface area contributed by atoms with Gasteiger partial charge in [-0.15, -0.1) is 0 Å². The van der Waals surface area contributed by atoms with Gasteiger partial charge in [0.15, 0.2) is 9.84 Å². The smallest absolute Gasteiger partial charge is 0.411 e. The van der Waals surface area contributed by atoms with Crippen molar-refractivity contribution in [2.45, 2.75) is 24.5 Å². The Kier molecular flexibility index (Phi) is 3.81. The van der Waals surface area contributed by atoms with Crippen molar-refractivity contribution in [3.05, 3.63) is 18.2 Å². The highest BCUT2D eigenvalue weighted by Gasteiger charge is 2.25. The number of aromatic nitrogens is 2. The van der Waals surface area contributed by atoms with Gasteiger partial charge < -0.3 is 10.1 Å². The van der Waals surface area contributed by atoms with Crippen LogP contribution in [0.15, 0.2) is 23.1 Å². The number of amides is 1. The molecule has 0 fully saturated rings. The minimum Gasteiger partial charge on any atom is -0.465 e. The molecule has 0 bridgehead atoms. The van der Waals surface area contributed by atoms with Gasteiger partial charge in [0.25, 0.3) is 0 Å². The summed E-state index contributed by atoms with van der Waals surface area (Å²) in [7, 11) is -5.12. The quantitative estimate of drug-likeness (QED) is 0.746. The van der Waals surface area contributed by atoms with Crippen molar-refractivity contribution in [2.75, 3.05) is 10.7 Å². The molecule has 114 valence electrons. The number of hydrogen-bond acceptors (Lipinski definition) is 4. The molecule has 2 aromatic rings. The number of hydrogen-bond donors (Lipinski definition) is 3. The number of H-pyrrole nitrogens is 1. The zero-order valence-electron chi connectivity index (χ0n) is 12.0. The summed E-state index contributed by atoms with van der Waals surface area (Å²) >= 11 is 0. The fraction of sp³-hybridized carbons (Fsp3) is 0.333. The van der Waals surface area contributed by atoms with Crippen molar-refractivity contribution >= 4 is 41.0 Å². The second-order valence-corrected chi connectivity index (χ2v) is 14.0. The molecule has 0 saturated carbocycles. The van der Waals surface area contributed by atoms with Crippen LogP contribution in [0.4, 0.5) is 10.7 Å². The Bertz CT molecular complexity index is 792. The molecule has 0 aliphatic carbocycles. The summed E-state index contributed by atoms with van der Waals surface area (Å²) in [6, 6.07) is 4.57. The predicted octanol–water partition coefficient (Wildman–Crippen LogP) is 2.30. The van der Waals surface area contributed by atoms with Crippen molar-refractivity contribution in [3.8, 4) is 0 Å². The van der Waals surface area contributed by atoms with Crippen LogP contribution in [-0.4, -0.2) is 43.0 Å². The van der Waals surface area contributed by atoms with Gasteiger partial charge in [0.2, 0.25) is 5.95 Å². The average Bonchev–Trinajstić information content (AvgIpc) is 2.65. The first-order valence-electron chi connectivity index (χ1n) is 6.29. The number of imidazole rings is 1. The molecule has 0 saturated heterocycles. The van der Waals surface area contributed by atoms with E-state index in [-0.39, 0.29) is 16.2 Å². The molecule has 3 N–H and O–H groups in total. The summed E-state index contributed by atoms with van der Waals surface area (Å²) in [5, 5.41) is 10.9. The topological polar surface area (TPSA) is 112 Å². The lowest BCUT2D eigenvalue weighted by molar-refractivity contribution is 0.209. The summed E-state index contributed by atoms with van der Waals surface area (Å²) in [6.45, 7) is 5.98. The van der Waals surface area contributed by atoms with E-state index >= 15 is 0 Å². The molecule has 1 amide bonds. The lowest BCUT2D eigenvalue weighted by atomic mass is 10.3. The fourth-order valence-electron chi connectivity index (χ4n) is 1.99. The third kappa shape index (κ3) is 3.82. The molecular formula is C12H17N3O4SSi. The van der Waals surface area contributed by atoms with Gasteiger partial charge in [-0.1, -0.05) is 19.6 Å². The predicted molar refractivity (Wildman–Crippen MR) is 83.1 cm³/mol. The summed E-state index contributed by atoms with van der Waals surface area (Å²) < 4.78 is 24.7. The van der Waals surface area contributed by atoms with Crippen LogP contribution in [0.2, 0.25) is 19.6 Å². The van der Waals surface area contributed by atoms with E-state index in [9.17, 15) is 13.2 Å². The zero-order valence-corrected chi connectivity index (χ0v) is 13.8. The Labute approximate surface area is 123 Å². The van der Waals surface area contributed by atoms with Crippen LogP contribution in [0.5, 0.6) is 0 Å². The molecule has 0 radical (unpaired) electrons. The summed E-state index contributed by atoms with van der Waals surface area (Å²) in [4.78, 5) is 17.6. The van der Waals surface area contributed by atoms with Crippen molar-refractivity contribution in [1.29, 1.82) is 0 Å². The van der Waals surface area contributed by atoms with Crippen LogP contribution in [-0.2, 0) is 9.84 Å². The molecule has 0 aliphatic heterocycles. The third-order valence-electron chi connectivity index (χ3n) is 2.66. The van der Waals surface area contributed by atoms with E-state index in [1.54, 1.807) is 6.07 Å². The van der Waals surface area contributed by atoms with Crippen LogP contribution in [0.3, 0.4) is 0 Å². The summed E-state index contributed by atoms with van der Waals surface area (Å²) in [6.07, 6.45) is -1.24. The largest absolute Gasteiger partial charge is 0.465 e. The SMILES string of the molecule is C[Si](C)(C)CS(=O)(=O)c1ccc2[nH]c(NC(=O)O)nc2c1. The molecule has 1 aromatic heterocycles. The van der Waals surface area contributed by atoms with Gasteiger partial charge in [-0.05, 0) is 18.2 Å². The highest BCUT2D eigenvalue weighted by atomic mass is 32.2. The monoisotopic (exact) mass is 327 g/mol. The van der Waals surface area contributed by atoms with E-state index in [0.717, 1.165) is 0 Å². The first kappa shape index (κ1) is 15.5.